The zero-order valence-electron chi connectivity index (χ0n) is 16.2. The first kappa shape index (κ1) is 23.9. The first-order valence-corrected chi connectivity index (χ1v) is 10.1. The molecular weight excluding hydrogens is 396 g/mol. The highest BCUT2D eigenvalue weighted by Crippen LogP contribution is 2.27. The topological polar surface area (TPSA) is 26.3 Å². The van der Waals surface area contributed by atoms with Crippen molar-refractivity contribution in [3.63, 3.8) is 0 Å². The van der Waals surface area contributed by atoms with Crippen molar-refractivity contribution in [2.24, 2.45) is 5.92 Å². The van der Waals surface area contributed by atoms with Crippen LogP contribution in [-0.2, 0) is 17.6 Å². The third kappa shape index (κ3) is 6.31. The van der Waals surface area contributed by atoms with Crippen molar-refractivity contribution in [2.45, 2.75) is 65.2 Å². The molecule has 6 heteroatoms. The van der Waals surface area contributed by atoms with Gasteiger partial charge in [0.2, 0.25) is 17.4 Å². The van der Waals surface area contributed by atoms with Gasteiger partial charge < -0.3 is 4.74 Å². The quantitative estimate of drug-likeness (QED) is 0.225. The standard InChI is InChI=1S/C23H24F4O2.CH4/c24-18-14-19(25)22(27)23(21(18)26)29-20(28)13-17-10-8-16(9-11-17)12-15-6-4-2-1-3-5-7-15;/h8-11,14-15H,1-7,12-13H2;1H4. The molecule has 0 unspecified atom stereocenters. The van der Waals surface area contributed by atoms with Crippen LogP contribution >= 0.6 is 0 Å². The molecule has 2 nitrogen and oxygen atoms in total. The Bertz CT molecular complexity index is 815. The maximum Gasteiger partial charge on any atom is 0.315 e. The predicted octanol–water partition coefficient (Wildman–Crippen LogP) is 6.93. The Morgan fingerprint density at radius 3 is 1.90 bits per heavy atom. The smallest absolute Gasteiger partial charge is 0.315 e. The molecule has 0 aromatic heterocycles. The monoisotopic (exact) mass is 424 g/mol. The van der Waals surface area contributed by atoms with Crippen molar-refractivity contribution in [3.05, 3.63) is 64.7 Å². The Morgan fingerprint density at radius 1 is 0.833 bits per heavy atom. The second-order valence-corrected chi connectivity index (χ2v) is 7.68. The van der Waals surface area contributed by atoms with Gasteiger partial charge in [0, 0.05) is 6.07 Å². The number of hydrogen-bond acceptors (Lipinski definition) is 2. The van der Waals surface area contributed by atoms with Crippen molar-refractivity contribution in [3.8, 4) is 5.75 Å². The summed E-state index contributed by atoms with van der Waals surface area (Å²) in [4.78, 5) is 12.0. The molecule has 0 heterocycles. The van der Waals surface area contributed by atoms with Crippen LogP contribution in [0.1, 0.15) is 63.5 Å². The molecule has 30 heavy (non-hydrogen) atoms. The van der Waals surface area contributed by atoms with Gasteiger partial charge in [-0.1, -0.05) is 76.6 Å². The van der Waals surface area contributed by atoms with E-state index in [0.29, 0.717) is 11.5 Å². The zero-order valence-corrected chi connectivity index (χ0v) is 16.2. The second kappa shape index (κ2) is 11.1. The van der Waals surface area contributed by atoms with Gasteiger partial charge >= 0.3 is 5.97 Å². The number of hydrogen-bond donors (Lipinski definition) is 0. The molecule has 0 radical (unpaired) electrons. The summed E-state index contributed by atoms with van der Waals surface area (Å²) in [5, 5.41) is 0. The molecule has 0 N–H and O–H groups in total. The van der Waals surface area contributed by atoms with Crippen LogP contribution < -0.4 is 4.74 Å². The molecule has 1 saturated carbocycles. The van der Waals surface area contributed by atoms with E-state index in [4.69, 9.17) is 0 Å². The highest BCUT2D eigenvalue weighted by atomic mass is 19.2. The van der Waals surface area contributed by atoms with Crippen molar-refractivity contribution in [1.29, 1.82) is 0 Å². The van der Waals surface area contributed by atoms with Crippen molar-refractivity contribution in [1.82, 2.24) is 0 Å². The van der Waals surface area contributed by atoms with E-state index in [1.165, 1.54) is 50.5 Å². The Hall–Kier alpha value is -2.37. The second-order valence-electron chi connectivity index (χ2n) is 7.68. The van der Waals surface area contributed by atoms with Crippen LogP contribution in [0.15, 0.2) is 30.3 Å². The molecule has 0 amide bonds. The molecule has 2 aromatic carbocycles. The van der Waals surface area contributed by atoms with Gasteiger partial charge in [-0.25, -0.2) is 8.78 Å². The van der Waals surface area contributed by atoms with Gasteiger partial charge in [-0.05, 0) is 23.5 Å². The maximum absolute atomic E-state index is 13.6. The van der Waals surface area contributed by atoms with Crippen molar-refractivity contribution in [2.75, 3.05) is 0 Å². The Kier molecular flexibility index (Phi) is 8.88. The molecule has 1 aliphatic rings. The number of rotatable bonds is 5. The van der Waals surface area contributed by atoms with Crippen LogP contribution in [0.5, 0.6) is 5.75 Å². The fraction of sp³-hybridized carbons (Fsp3) is 0.458. The highest BCUT2D eigenvalue weighted by Gasteiger charge is 2.23. The maximum atomic E-state index is 13.6. The Labute approximate surface area is 175 Å². The van der Waals surface area contributed by atoms with Crippen LogP contribution in [0, 0.1) is 29.2 Å². The summed E-state index contributed by atoms with van der Waals surface area (Å²) >= 11 is 0. The Morgan fingerprint density at radius 2 is 1.33 bits per heavy atom. The van der Waals surface area contributed by atoms with Gasteiger partial charge in [0.05, 0.1) is 6.42 Å². The van der Waals surface area contributed by atoms with Crippen LogP contribution in [0.2, 0.25) is 0 Å². The van der Waals surface area contributed by atoms with Crippen LogP contribution in [-0.4, -0.2) is 5.97 Å². The van der Waals surface area contributed by atoms with E-state index < -0.39 is 35.0 Å². The summed E-state index contributed by atoms with van der Waals surface area (Å²) in [6, 6.07) is 7.46. The average molecular weight is 424 g/mol. The molecule has 0 bridgehead atoms. The van der Waals surface area contributed by atoms with Crippen LogP contribution in [0.25, 0.3) is 0 Å². The minimum atomic E-state index is -1.73. The van der Waals surface area contributed by atoms with Gasteiger partial charge in [0.25, 0.3) is 0 Å². The van der Waals surface area contributed by atoms with Gasteiger partial charge in [0.1, 0.15) is 0 Å². The van der Waals surface area contributed by atoms with Gasteiger partial charge in [0.15, 0.2) is 11.6 Å². The number of halogens is 4. The molecule has 164 valence electrons. The lowest BCUT2D eigenvalue weighted by Gasteiger charge is -2.19. The normalized spacial score (nSPS) is 15.1. The first-order chi connectivity index (χ1) is 13.9. The van der Waals surface area contributed by atoms with E-state index >= 15 is 0 Å². The summed E-state index contributed by atoms with van der Waals surface area (Å²) in [7, 11) is 0. The van der Waals surface area contributed by atoms with E-state index in [1.54, 1.807) is 12.1 Å². The van der Waals surface area contributed by atoms with E-state index in [1.807, 2.05) is 12.1 Å². The van der Waals surface area contributed by atoms with Gasteiger partial charge in [-0.15, -0.1) is 0 Å². The third-order valence-electron chi connectivity index (χ3n) is 5.41. The molecular formula is C24H28F4O2. The SMILES string of the molecule is C.O=C(Cc1ccc(CC2CCCCCCC2)cc1)Oc1c(F)c(F)cc(F)c1F. The fourth-order valence-corrected chi connectivity index (χ4v) is 3.83. The molecule has 2 aromatic rings. The van der Waals surface area contributed by atoms with Gasteiger partial charge in [-0.2, -0.15) is 8.78 Å². The van der Waals surface area contributed by atoms with E-state index in [2.05, 4.69) is 4.74 Å². The van der Waals surface area contributed by atoms with E-state index in [-0.39, 0.29) is 19.9 Å². The van der Waals surface area contributed by atoms with Crippen molar-refractivity contribution < 1.29 is 27.1 Å². The summed E-state index contributed by atoms with van der Waals surface area (Å²) < 4.78 is 58.2. The molecule has 0 aliphatic heterocycles. The minimum Gasteiger partial charge on any atom is -0.420 e. The lowest BCUT2D eigenvalue weighted by Crippen LogP contribution is -2.14. The lowest BCUT2D eigenvalue weighted by molar-refractivity contribution is -0.134. The number of carbonyl (C=O) groups excluding carboxylic acids is 1. The van der Waals surface area contributed by atoms with Gasteiger partial charge in [-0.3, -0.25) is 4.79 Å². The van der Waals surface area contributed by atoms with E-state index in [9.17, 15) is 22.4 Å². The summed E-state index contributed by atoms with van der Waals surface area (Å²) in [5.74, 6) is -8.39. The minimum absolute atomic E-state index is 0. The lowest BCUT2D eigenvalue weighted by atomic mass is 9.86. The largest absolute Gasteiger partial charge is 0.420 e. The molecule has 1 fully saturated rings. The summed E-state index contributed by atoms with van der Waals surface area (Å²) in [5.41, 5.74) is 1.77. The molecule has 0 saturated heterocycles. The highest BCUT2D eigenvalue weighted by molar-refractivity contribution is 5.75. The number of carbonyl (C=O) groups is 1. The van der Waals surface area contributed by atoms with Crippen LogP contribution in [0.4, 0.5) is 17.6 Å². The van der Waals surface area contributed by atoms with Crippen molar-refractivity contribution >= 4 is 5.97 Å². The molecule has 1 aliphatic carbocycles. The predicted molar refractivity (Wildman–Crippen MR) is 108 cm³/mol. The third-order valence-corrected chi connectivity index (χ3v) is 5.41. The number of ether oxygens (including phenoxy) is 1. The number of esters is 1. The summed E-state index contributed by atoms with van der Waals surface area (Å²) in [6.45, 7) is 0. The average Bonchev–Trinajstić information content (AvgIpc) is 2.67. The molecule has 3 rings (SSSR count). The van der Waals surface area contributed by atoms with E-state index in [0.717, 1.165) is 6.42 Å². The number of benzene rings is 2. The summed E-state index contributed by atoms with van der Waals surface area (Å²) in [6.07, 6.45) is 9.65. The fourth-order valence-electron chi connectivity index (χ4n) is 3.83. The zero-order chi connectivity index (χ0) is 20.8. The molecule has 0 spiro atoms. The van der Waals surface area contributed by atoms with Crippen LogP contribution in [0.3, 0.4) is 0 Å². The molecule has 0 atom stereocenters. The Balaban J connectivity index is 0.00000320. The first-order valence-electron chi connectivity index (χ1n) is 10.1.